The highest BCUT2D eigenvalue weighted by molar-refractivity contribution is 6.04. The van der Waals surface area contributed by atoms with Gasteiger partial charge in [0.25, 0.3) is 5.91 Å². The van der Waals surface area contributed by atoms with Crippen LogP contribution in [0.4, 0.5) is 0 Å². The molecule has 78 valence electrons. The molecule has 0 radical (unpaired) electrons. The molecule has 15 heavy (non-hydrogen) atoms. The Morgan fingerprint density at radius 2 is 1.87 bits per heavy atom. The van der Waals surface area contributed by atoms with Crippen LogP contribution in [-0.4, -0.2) is 23.3 Å². The minimum atomic E-state index is -0.166. The van der Waals surface area contributed by atoms with Crippen LogP contribution in [0, 0.1) is 0 Å². The number of imide groups is 1. The van der Waals surface area contributed by atoms with Crippen LogP contribution in [0.2, 0.25) is 0 Å². The lowest BCUT2D eigenvalue weighted by Gasteiger charge is -2.24. The van der Waals surface area contributed by atoms with E-state index in [4.69, 9.17) is 0 Å². The van der Waals surface area contributed by atoms with Crippen molar-refractivity contribution >= 4 is 11.8 Å². The standard InChI is InChI=1S/C12H13NO2/c14-11-8-4-5-9-13(11)12(15)10-6-2-1-3-7-10/h1-3,6-7H,4-5,8-9H2. The lowest BCUT2D eigenvalue weighted by Crippen LogP contribution is -2.40. The molecular formula is C12H13NO2. The van der Waals surface area contributed by atoms with E-state index in [1.807, 2.05) is 18.2 Å². The van der Waals surface area contributed by atoms with E-state index in [1.54, 1.807) is 12.1 Å². The van der Waals surface area contributed by atoms with E-state index in [0.717, 1.165) is 12.8 Å². The van der Waals surface area contributed by atoms with Crippen molar-refractivity contribution in [2.45, 2.75) is 19.3 Å². The first-order chi connectivity index (χ1) is 7.29. The Bertz CT molecular complexity index is 372. The molecule has 0 spiro atoms. The number of hydrogen-bond donors (Lipinski definition) is 0. The molecule has 1 aliphatic heterocycles. The van der Waals surface area contributed by atoms with Gasteiger partial charge >= 0.3 is 0 Å². The van der Waals surface area contributed by atoms with Crippen molar-refractivity contribution in [3.63, 3.8) is 0 Å². The minimum absolute atomic E-state index is 0.0462. The normalized spacial score (nSPS) is 16.5. The summed E-state index contributed by atoms with van der Waals surface area (Å²) in [7, 11) is 0. The van der Waals surface area contributed by atoms with Gasteiger partial charge in [0.2, 0.25) is 5.91 Å². The summed E-state index contributed by atoms with van der Waals surface area (Å²) in [5.74, 6) is -0.213. The molecule has 0 atom stereocenters. The predicted octanol–water partition coefficient (Wildman–Crippen LogP) is 1.84. The molecule has 3 nitrogen and oxygen atoms in total. The van der Waals surface area contributed by atoms with Gasteiger partial charge in [-0.05, 0) is 25.0 Å². The minimum Gasteiger partial charge on any atom is -0.279 e. The summed E-state index contributed by atoms with van der Waals surface area (Å²) in [6.07, 6.45) is 2.32. The van der Waals surface area contributed by atoms with Gasteiger partial charge in [-0.15, -0.1) is 0 Å². The average molecular weight is 203 g/mol. The van der Waals surface area contributed by atoms with Gasteiger partial charge in [0, 0.05) is 18.5 Å². The zero-order valence-corrected chi connectivity index (χ0v) is 8.48. The van der Waals surface area contributed by atoms with E-state index in [-0.39, 0.29) is 11.8 Å². The van der Waals surface area contributed by atoms with Gasteiger partial charge in [-0.3, -0.25) is 14.5 Å². The number of nitrogens with zero attached hydrogens (tertiary/aromatic N) is 1. The van der Waals surface area contributed by atoms with E-state index in [2.05, 4.69) is 0 Å². The topological polar surface area (TPSA) is 37.4 Å². The molecule has 3 heteroatoms. The molecule has 2 rings (SSSR count). The summed E-state index contributed by atoms with van der Waals surface area (Å²) in [6, 6.07) is 8.95. The number of carbonyl (C=O) groups excluding carboxylic acids is 2. The summed E-state index contributed by atoms with van der Waals surface area (Å²) < 4.78 is 0. The second-order valence-corrected chi connectivity index (χ2v) is 3.67. The Kier molecular flexibility index (Phi) is 2.81. The first kappa shape index (κ1) is 9.90. The van der Waals surface area contributed by atoms with Crippen LogP contribution in [0.1, 0.15) is 29.6 Å². The van der Waals surface area contributed by atoms with Crippen molar-refractivity contribution < 1.29 is 9.59 Å². The van der Waals surface area contributed by atoms with Crippen molar-refractivity contribution in [1.82, 2.24) is 4.90 Å². The fourth-order valence-corrected chi connectivity index (χ4v) is 1.76. The van der Waals surface area contributed by atoms with E-state index in [0.29, 0.717) is 18.5 Å². The summed E-state index contributed by atoms with van der Waals surface area (Å²) in [4.78, 5) is 24.8. The number of piperidine rings is 1. The quantitative estimate of drug-likeness (QED) is 0.653. The van der Waals surface area contributed by atoms with Gasteiger partial charge in [0.05, 0.1) is 0 Å². The van der Waals surface area contributed by atoms with Crippen molar-refractivity contribution in [2.75, 3.05) is 6.54 Å². The Morgan fingerprint density at radius 1 is 1.13 bits per heavy atom. The number of likely N-dealkylation sites (tertiary alicyclic amines) is 1. The Balaban J connectivity index is 2.17. The SMILES string of the molecule is O=C1CCCCN1C(=O)c1ccccc1. The molecule has 0 aliphatic carbocycles. The molecule has 0 unspecified atom stereocenters. The summed E-state index contributed by atoms with van der Waals surface area (Å²) in [6.45, 7) is 0.562. The van der Waals surface area contributed by atoms with E-state index in [1.165, 1.54) is 4.90 Å². The fraction of sp³-hybridized carbons (Fsp3) is 0.333. The molecule has 1 aromatic rings. The zero-order chi connectivity index (χ0) is 10.7. The van der Waals surface area contributed by atoms with Crippen LogP contribution in [0.3, 0.4) is 0 Å². The lowest BCUT2D eigenvalue weighted by molar-refractivity contribution is -0.130. The van der Waals surface area contributed by atoms with E-state index < -0.39 is 0 Å². The Morgan fingerprint density at radius 3 is 2.53 bits per heavy atom. The van der Waals surface area contributed by atoms with Gasteiger partial charge < -0.3 is 0 Å². The van der Waals surface area contributed by atoms with Gasteiger partial charge in [0.1, 0.15) is 0 Å². The first-order valence-corrected chi connectivity index (χ1v) is 5.19. The highest BCUT2D eigenvalue weighted by atomic mass is 16.2. The predicted molar refractivity (Wildman–Crippen MR) is 56.3 cm³/mol. The van der Waals surface area contributed by atoms with Crippen LogP contribution in [0.5, 0.6) is 0 Å². The van der Waals surface area contributed by atoms with Gasteiger partial charge in [-0.1, -0.05) is 18.2 Å². The molecule has 1 saturated heterocycles. The number of rotatable bonds is 1. The van der Waals surface area contributed by atoms with Gasteiger partial charge in [0.15, 0.2) is 0 Å². The second kappa shape index (κ2) is 4.26. The Hall–Kier alpha value is -1.64. The highest BCUT2D eigenvalue weighted by Gasteiger charge is 2.24. The monoisotopic (exact) mass is 203 g/mol. The smallest absolute Gasteiger partial charge is 0.260 e. The van der Waals surface area contributed by atoms with Gasteiger partial charge in [-0.2, -0.15) is 0 Å². The Labute approximate surface area is 88.7 Å². The van der Waals surface area contributed by atoms with Crippen LogP contribution < -0.4 is 0 Å². The molecule has 1 fully saturated rings. The van der Waals surface area contributed by atoms with Crippen LogP contribution in [-0.2, 0) is 4.79 Å². The lowest BCUT2D eigenvalue weighted by atomic mass is 10.1. The summed E-state index contributed by atoms with van der Waals surface area (Å²) in [5.41, 5.74) is 0.591. The van der Waals surface area contributed by atoms with Crippen molar-refractivity contribution in [3.8, 4) is 0 Å². The number of amides is 2. The molecule has 1 aromatic carbocycles. The third kappa shape index (κ3) is 2.06. The molecule has 1 aliphatic rings. The molecule has 0 aromatic heterocycles. The van der Waals surface area contributed by atoms with E-state index in [9.17, 15) is 9.59 Å². The average Bonchev–Trinajstić information content (AvgIpc) is 2.30. The maximum absolute atomic E-state index is 11.9. The zero-order valence-electron chi connectivity index (χ0n) is 8.48. The van der Waals surface area contributed by atoms with Crippen LogP contribution in [0.15, 0.2) is 30.3 Å². The third-order valence-electron chi connectivity index (χ3n) is 2.59. The number of hydrogen-bond acceptors (Lipinski definition) is 2. The second-order valence-electron chi connectivity index (χ2n) is 3.67. The molecule has 0 bridgehead atoms. The summed E-state index contributed by atoms with van der Waals surface area (Å²) in [5, 5.41) is 0. The van der Waals surface area contributed by atoms with Crippen molar-refractivity contribution in [2.24, 2.45) is 0 Å². The fourth-order valence-electron chi connectivity index (χ4n) is 1.76. The van der Waals surface area contributed by atoms with Crippen LogP contribution >= 0.6 is 0 Å². The maximum atomic E-state index is 11.9. The largest absolute Gasteiger partial charge is 0.279 e. The number of carbonyl (C=O) groups is 2. The van der Waals surface area contributed by atoms with Gasteiger partial charge in [-0.25, -0.2) is 0 Å². The first-order valence-electron chi connectivity index (χ1n) is 5.19. The van der Waals surface area contributed by atoms with Crippen LogP contribution in [0.25, 0.3) is 0 Å². The molecule has 2 amide bonds. The number of benzene rings is 1. The van der Waals surface area contributed by atoms with E-state index >= 15 is 0 Å². The summed E-state index contributed by atoms with van der Waals surface area (Å²) >= 11 is 0. The molecular weight excluding hydrogens is 190 g/mol. The molecule has 1 heterocycles. The maximum Gasteiger partial charge on any atom is 0.260 e. The highest BCUT2D eigenvalue weighted by Crippen LogP contribution is 2.14. The third-order valence-corrected chi connectivity index (χ3v) is 2.59. The molecule has 0 saturated carbocycles. The molecule has 0 N–H and O–H groups in total. The van der Waals surface area contributed by atoms with Crippen molar-refractivity contribution in [1.29, 1.82) is 0 Å². The van der Waals surface area contributed by atoms with Crippen molar-refractivity contribution in [3.05, 3.63) is 35.9 Å².